The van der Waals surface area contributed by atoms with Gasteiger partial charge >= 0.3 is 0 Å². The highest BCUT2D eigenvalue weighted by Crippen LogP contribution is 2.69. The summed E-state index contributed by atoms with van der Waals surface area (Å²) in [5.41, 5.74) is 7.51. The lowest BCUT2D eigenvalue weighted by molar-refractivity contribution is -0.114. The van der Waals surface area contributed by atoms with Gasteiger partial charge in [0, 0.05) is 0 Å². The van der Waals surface area contributed by atoms with Crippen LogP contribution in [0.4, 0.5) is 0 Å². The molecule has 7 unspecified atom stereocenters. The second-order valence-electron chi connectivity index (χ2n) is 12.7. The monoisotopic (exact) mass is 422 g/mol. The van der Waals surface area contributed by atoms with E-state index in [-0.39, 0.29) is 0 Å². The van der Waals surface area contributed by atoms with Gasteiger partial charge in [0.05, 0.1) is 0 Å². The van der Waals surface area contributed by atoms with Gasteiger partial charge in [-0.25, -0.2) is 0 Å². The smallest absolute Gasteiger partial charge is 0.0137 e. The summed E-state index contributed by atoms with van der Waals surface area (Å²) >= 11 is 0. The molecular weight excluding hydrogens is 372 g/mol. The summed E-state index contributed by atoms with van der Waals surface area (Å²) in [7, 11) is 0. The van der Waals surface area contributed by atoms with Crippen molar-refractivity contribution in [3.05, 3.63) is 34.9 Å². The summed E-state index contributed by atoms with van der Waals surface area (Å²) in [4.78, 5) is 0. The first kappa shape index (κ1) is 23.4. The van der Waals surface area contributed by atoms with Crippen molar-refractivity contribution in [1.29, 1.82) is 0 Å². The largest absolute Gasteiger partial charge is 0.0958 e. The van der Waals surface area contributed by atoms with Crippen LogP contribution in [0.25, 0.3) is 0 Å². The molecule has 4 saturated carbocycles. The SMILES string of the molecule is C=C(C)/C(CCC=C(C)C)=C1\C(CC)CC2(C)C1CCC1C2CCC2CCCCC21C. The molecule has 0 N–H and O–H groups in total. The van der Waals surface area contributed by atoms with Crippen molar-refractivity contribution in [1.82, 2.24) is 0 Å². The van der Waals surface area contributed by atoms with Crippen molar-refractivity contribution in [3.63, 3.8) is 0 Å². The molecule has 0 radical (unpaired) electrons. The van der Waals surface area contributed by atoms with Crippen LogP contribution in [-0.2, 0) is 0 Å². The molecular formula is C31H50. The predicted molar refractivity (Wildman–Crippen MR) is 136 cm³/mol. The Hall–Kier alpha value is -0.780. The number of allylic oxidation sites excluding steroid dienone is 5. The van der Waals surface area contributed by atoms with Crippen molar-refractivity contribution < 1.29 is 0 Å². The summed E-state index contributed by atoms with van der Waals surface area (Å²) in [6.45, 7) is 19.2. The highest BCUT2D eigenvalue weighted by Gasteiger charge is 2.61. The van der Waals surface area contributed by atoms with Gasteiger partial charge in [-0.2, -0.15) is 0 Å². The Balaban J connectivity index is 1.69. The van der Waals surface area contributed by atoms with Gasteiger partial charge in [0.15, 0.2) is 0 Å². The molecule has 0 aromatic carbocycles. The van der Waals surface area contributed by atoms with Crippen molar-refractivity contribution in [2.24, 2.45) is 40.4 Å². The van der Waals surface area contributed by atoms with E-state index < -0.39 is 0 Å². The highest BCUT2D eigenvalue weighted by atomic mass is 14.7. The van der Waals surface area contributed by atoms with Crippen molar-refractivity contribution in [3.8, 4) is 0 Å². The fourth-order valence-electron chi connectivity index (χ4n) is 9.35. The van der Waals surface area contributed by atoms with E-state index in [4.69, 9.17) is 0 Å². The molecule has 7 atom stereocenters. The van der Waals surface area contributed by atoms with Gasteiger partial charge in [-0.1, -0.05) is 63.0 Å². The second kappa shape index (κ2) is 8.87. The van der Waals surface area contributed by atoms with Crippen LogP contribution in [-0.4, -0.2) is 0 Å². The molecule has 31 heavy (non-hydrogen) atoms. The van der Waals surface area contributed by atoms with Crippen LogP contribution in [0.15, 0.2) is 34.9 Å². The molecule has 0 heterocycles. The third kappa shape index (κ3) is 3.93. The first-order chi connectivity index (χ1) is 14.7. The lowest BCUT2D eigenvalue weighted by Crippen LogP contribution is -2.53. The lowest BCUT2D eigenvalue weighted by Gasteiger charge is -2.61. The van der Waals surface area contributed by atoms with E-state index in [0.717, 1.165) is 29.6 Å². The molecule has 0 heteroatoms. The summed E-state index contributed by atoms with van der Waals surface area (Å²) in [5, 5.41) is 0. The van der Waals surface area contributed by atoms with Gasteiger partial charge in [-0.15, -0.1) is 0 Å². The molecule has 0 bridgehead atoms. The third-order valence-corrected chi connectivity index (χ3v) is 10.8. The molecule has 4 aliphatic carbocycles. The number of fused-ring (bicyclic) bond motifs is 5. The fourth-order valence-corrected chi connectivity index (χ4v) is 9.35. The van der Waals surface area contributed by atoms with E-state index in [1.807, 2.05) is 5.57 Å². The number of hydrogen-bond donors (Lipinski definition) is 0. The number of rotatable bonds is 5. The average molecular weight is 423 g/mol. The first-order valence-electron chi connectivity index (χ1n) is 13.7. The normalized spacial score (nSPS) is 43.5. The van der Waals surface area contributed by atoms with E-state index in [2.05, 4.69) is 54.2 Å². The summed E-state index contributed by atoms with van der Waals surface area (Å²) < 4.78 is 0. The highest BCUT2D eigenvalue weighted by molar-refractivity contribution is 5.39. The second-order valence-corrected chi connectivity index (χ2v) is 12.7. The maximum absolute atomic E-state index is 4.49. The first-order valence-corrected chi connectivity index (χ1v) is 13.7. The molecule has 0 aliphatic heterocycles. The number of hydrogen-bond acceptors (Lipinski definition) is 0. The zero-order chi connectivity index (χ0) is 22.4. The Labute approximate surface area is 194 Å². The molecule has 0 spiro atoms. The van der Waals surface area contributed by atoms with E-state index >= 15 is 0 Å². The molecule has 0 nitrogen and oxygen atoms in total. The fraction of sp³-hybridized carbons (Fsp3) is 0.806. The summed E-state index contributed by atoms with van der Waals surface area (Å²) in [6, 6.07) is 0. The molecule has 4 aliphatic rings. The van der Waals surface area contributed by atoms with Gasteiger partial charge in [-0.05, 0) is 131 Å². The van der Waals surface area contributed by atoms with Crippen LogP contribution in [0.5, 0.6) is 0 Å². The van der Waals surface area contributed by atoms with E-state index in [1.165, 1.54) is 88.2 Å². The standard InChI is InChI=1S/C31H50/c1-8-23-20-31(7)27-16-15-24-13-9-10-19-30(24,6)26(27)17-18-28(31)29(23)25(22(4)5)14-11-12-21(2)3/h12,23-24,26-28H,4,8-11,13-20H2,1-3,5-7H3/b29-25+. The quantitative estimate of drug-likeness (QED) is 0.387. The molecule has 0 aromatic heterocycles. The van der Waals surface area contributed by atoms with Crippen molar-refractivity contribution in [2.45, 2.75) is 119 Å². The van der Waals surface area contributed by atoms with Gasteiger partial charge in [-0.3, -0.25) is 0 Å². The van der Waals surface area contributed by atoms with E-state index in [0.29, 0.717) is 10.8 Å². The topological polar surface area (TPSA) is 0 Å². The zero-order valence-corrected chi connectivity index (χ0v) is 21.7. The minimum atomic E-state index is 0.529. The van der Waals surface area contributed by atoms with Gasteiger partial charge in [0.25, 0.3) is 0 Å². The third-order valence-electron chi connectivity index (χ3n) is 10.8. The Kier molecular flexibility index (Phi) is 6.69. The molecule has 4 fully saturated rings. The zero-order valence-electron chi connectivity index (χ0n) is 21.7. The predicted octanol–water partition coefficient (Wildman–Crippen LogP) is 9.67. The molecule has 0 amide bonds. The Morgan fingerprint density at radius 1 is 0.968 bits per heavy atom. The van der Waals surface area contributed by atoms with Crippen LogP contribution in [0.3, 0.4) is 0 Å². The molecule has 0 saturated heterocycles. The average Bonchev–Trinajstić information content (AvgIpc) is 3.02. The maximum atomic E-state index is 4.49. The van der Waals surface area contributed by atoms with Gasteiger partial charge in [0.2, 0.25) is 0 Å². The van der Waals surface area contributed by atoms with Gasteiger partial charge in [0.1, 0.15) is 0 Å². The Morgan fingerprint density at radius 2 is 1.68 bits per heavy atom. The van der Waals surface area contributed by atoms with Gasteiger partial charge < -0.3 is 0 Å². The van der Waals surface area contributed by atoms with Crippen molar-refractivity contribution in [2.75, 3.05) is 0 Å². The maximum Gasteiger partial charge on any atom is -0.0137 e. The Morgan fingerprint density at radius 3 is 2.35 bits per heavy atom. The van der Waals surface area contributed by atoms with Crippen LogP contribution in [0.2, 0.25) is 0 Å². The van der Waals surface area contributed by atoms with E-state index in [9.17, 15) is 0 Å². The lowest BCUT2D eigenvalue weighted by atomic mass is 9.44. The van der Waals surface area contributed by atoms with Crippen LogP contribution in [0, 0.1) is 40.4 Å². The minimum Gasteiger partial charge on any atom is -0.0958 e. The minimum absolute atomic E-state index is 0.529. The van der Waals surface area contributed by atoms with Crippen LogP contribution in [0.1, 0.15) is 119 Å². The Bertz CT molecular complexity index is 746. The van der Waals surface area contributed by atoms with Crippen molar-refractivity contribution >= 4 is 0 Å². The van der Waals surface area contributed by atoms with E-state index in [1.54, 1.807) is 5.57 Å². The summed E-state index contributed by atoms with van der Waals surface area (Å²) in [6.07, 6.45) is 19.6. The molecule has 0 aromatic rings. The molecule has 4 rings (SSSR count). The summed E-state index contributed by atoms with van der Waals surface area (Å²) in [5.74, 6) is 4.59. The molecule has 174 valence electrons. The van der Waals surface area contributed by atoms with Crippen LogP contribution >= 0.6 is 0 Å². The van der Waals surface area contributed by atoms with Crippen LogP contribution < -0.4 is 0 Å².